The van der Waals surface area contributed by atoms with Crippen LogP contribution < -0.4 is 10.1 Å². The number of ether oxygens (including phenoxy) is 2. The molecule has 2 atom stereocenters. The lowest BCUT2D eigenvalue weighted by atomic mass is 10.0. The highest BCUT2D eigenvalue weighted by molar-refractivity contribution is 5.94. The zero-order chi connectivity index (χ0) is 19.5. The van der Waals surface area contributed by atoms with Gasteiger partial charge in [-0.3, -0.25) is 4.79 Å². The molecular formula is C20H26N4O4. The summed E-state index contributed by atoms with van der Waals surface area (Å²) in [6, 6.07) is 3.58. The van der Waals surface area contributed by atoms with Crippen LogP contribution in [0, 0.1) is 12.8 Å². The van der Waals surface area contributed by atoms with Gasteiger partial charge < -0.3 is 19.3 Å². The molecule has 0 bridgehead atoms. The highest BCUT2D eigenvalue weighted by atomic mass is 16.5. The van der Waals surface area contributed by atoms with E-state index in [2.05, 4.69) is 20.4 Å². The maximum absolute atomic E-state index is 13.0. The standard InChI is InChI=1S/C20H26N4O4/c1-12(10-17-22-13(2)28-24-17)21-20(25)19-15(16-4-3-9-26-16)7-8-18(23-19)27-11-14-5-6-14/h7-8,12,14,16H,3-6,9-11H2,1-2H3,(H,21,25). The number of carbonyl (C=O) groups excluding carboxylic acids is 1. The van der Waals surface area contributed by atoms with Gasteiger partial charge in [0.15, 0.2) is 5.82 Å². The third-order valence-corrected chi connectivity index (χ3v) is 4.99. The zero-order valence-electron chi connectivity index (χ0n) is 16.3. The first-order valence-electron chi connectivity index (χ1n) is 9.94. The van der Waals surface area contributed by atoms with E-state index in [4.69, 9.17) is 14.0 Å². The normalized spacial score (nSPS) is 20.1. The Morgan fingerprint density at radius 3 is 2.86 bits per heavy atom. The second kappa shape index (κ2) is 8.26. The molecular weight excluding hydrogens is 360 g/mol. The number of nitrogens with zero attached hydrogens (tertiary/aromatic N) is 3. The van der Waals surface area contributed by atoms with Gasteiger partial charge in [0.25, 0.3) is 5.91 Å². The van der Waals surface area contributed by atoms with E-state index in [1.54, 1.807) is 6.92 Å². The van der Waals surface area contributed by atoms with Crippen LogP contribution in [0.2, 0.25) is 0 Å². The van der Waals surface area contributed by atoms with E-state index in [1.807, 2.05) is 19.1 Å². The number of aromatic nitrogens is 3. The molecule has 1 amide bonds. The predicted octanol–water partition coefficient (Wildman–Crippen LogP) is 2.77. The summed E-state index contributed by atoms with van der Waals surface area (Å²) >= 11 is 0. The van der Waals surface area contributed by atoms with Gasteiger partial charge in [-0.05, 0) is 44.6 Å². The fourth-order valence-electron chi connectivity index (χ4n) is 3.33. The highest BCUT2D eigenvalue weighted by Crippen LogP contribution is 2.32. The van der Waals surface area contributed by atoms with Crippen LogP contribution in [0.3, 0.4) is 0 Å². The lowest BCUT2D eigenvalue weighted by molar-refractivity contribution is 0.0905. The van der Waals surface area contributed by atoms with E-state index in [9.17, 15) is 4.79 Å². The molecule has 1 aliphatic heterocycles. The van der Waals surface area contributed by atoms with Crippen molar-refractivity contribution in [3.05, 3.63) is 35.1 Å². The Bertz CT molecular complexity index is 827. The monoisotopic (exact) mass is 386 g/mol. The molecule has 2 aromatic rings. The molecule has 8 nitrogen and oxygen atoms in total. The quantitative estimate of drug-likeness (QED) is 0.744. The minimum atomic E-state index is -0.241. The molecule has 3 heterocycles. The number of aryl methyl sites for hydroxylation is 1. The molecule has 0 aromatic carbocycles. The van der Waals surface area contributed by atoms with E-state index >= 15 is 0 Å². The molecule has 1 saturated carbocycles. The number of hydrogen-bond acceptors (Lipinski definition) is 7. The van der Waals surface area contributed by atoms with Gasteiger partial charge in [-0.1, -0.05) is 5.16 Å². The van der Waals surface area contributed by atoms with Crippen molar-refractivity contribution < 1.29 is 18.8 Å². The van der Waals surface area contributed by atoms with Crippen molar-refractivity contribution in [3.8, 4) is 5.88 Å². The first kappa shape index (κ1) is 18.9. The SMILES string of the molecule is Cc1nc(CC(C)NC(=O)c2nc(OCC3CC3)ccc2C2CCCO2)no1. The van der Waals surface area contributed by atoms with Crippen LogP contribution in [0.4, 0.5) is 0 Å². The molecule has 28 heavy (non-hydrogen) atoms. The smallest absolute Gasteiger partial charge is 0.270 e. The molecule has 1 aliphatic carbocycles. The largest absolute Gasteiger partial charge is 0.477 e. The van der Waals surface area contributed by atoms with Gasteiger partial charge in [0.2, 0.25) is 11.8 Å². The Morgan fingerprint density at radius 2 is 2.18 bits per heavy atom. The van der Waals surface area contributed by atoms with Crippen molar-refractivity contribution in [2.45, 2.75) is 58.1 Å². The number of nitrogens with one attached hydrogen (secondary N) is 1. The van der Waals surface area contributed by atoms with E-state index in [0.717, 1.165) is 18.4 Å². The summed E-state index contributed by atoms with van der Waals surface area (Å²) in [4.78, 5) is 21.7. The van der Waals surface area contributed by atoms with Gasteiger partial charge in [-0.25, -0.2) is 4.98 Å². The van der Waals surface area contributed by atoms with Gasteiger partial charge in [0.1, 0.15) is 5.69 Å². The van der Waals surface area contributed by atoms with E-state index < -0.39 is 0 Å². The second-order valence-corrected chi connectivity index (χ2v) is 7.65. The number of hydrogen-bond donors (Lipinski definition) is 1. The Hall–Kier alpha value is -2.48. The topological polar surface area (TPSA) is 99.4 Å². The van der Waals surface area contributed by atoms with Crippen LogP contribution in [0.1, 0.15) is 66.5 Å². The first-order valence-corrected chi connectivity index (χ1v) is 9.94. The van der Waals surface area contributed by atoms with E-state index in [-0.39, 0.29) is 18.1 Å². The minimum Gasteiger partial charge on any atom is -0.477 e. The van der Waals surface area contributed by atoms with Crippen LogP contribution in [0.25, 0.3) is 0 Å². The lowest BCUT2D eigenvalue weighted by Crippen LogP contribution is -2.35. The van der Waals surface area contributed by atoms with Gasteiger partial charge in [-0.2, -0.15) is 4.98 Å². The summed E-state index contributed by atoms with van der Waals surface area (Å²) in [5.41, 5.74) is 1.19. The molecule has 1 N–H and O–H groups in total. The molecule has 2 fully saturated rings. The van der Waals surface area contributed by atoms with Crippen molar-refractivity contribution in [2.75, 3.05) is 13.2 Å². The lowest BCUT2D eigenvalue weighted by Gasteiger charge is -2.17. The number of pyridine rings is 1. The van der Waals surface area contributed by atoms with E-state index in [1.165, 1.54) is 12.8 Å². The molecule has 150 valence electrons. The Balaban J connectivity index is 1.48. The fourth-order valence-corrected chi connectivity index (χ4v) is 3.33. The van der Waals surface area contributed by atoms with E-state index in [0.29, 0.717) is 48.8 Å². The van der Waals surface area contributed by atoms with Crippen LogP contribution in [0.5, 0.6) is 5.88 Å². The third kappa shape index (κ3) is 4.67. The maximum Gasteiger partial charge on any atom is 0.270 e. The molecule has 8 heteroatoms. The number of amides is 1. The molecule has 2 unspecified atom stereocenters. The van der Waals surface area contributed by atoms with Crippen molar-refractivity contribution in [3.63, 3.8) is 0 Å². The molecule has 0 radical (unpaired) electrons. The van der Waals surface area contributed by atoms with Crippen LogP contribution in [-0.4, -0.2) is 40.3 Å². The van der Waals surface area contributed by atoms with Gasteiger partial charge in [-0.15, -0.1) is 0 Å². The fraction of sp³-hybridized carbons (Fsp3) is 0.600. The molecule has 4 rings (SSSR count). The van der Waals surface area contributed by atoms with Crippen molar-refractivity contribution >= 4 is 5.91 Å². The minimum absolute atomic E-state index is 0.0964. The summed E-state index contributed by atoms with van der Waals surface area (Å²) in [6.07, 6.45) is 4.67. The maximum atomic E-state index is 13.0. The van der Waals surface area contributed by atoms with Gasteiger partial charge in [0.05, 0.1) is 12.7 Å². The Labute approximate surface area is 164 Å². The third-order valence-electron chi connectivity index (χ3n) is 4.99. The van der Waals surface area contributed by atoms with Crippen molar-refractivity contribution in [1.82, 2.24) is 20.4 Å². The summed E-state index contributed by atoms with van der Waals surface area (Å²) in [6.45, 7) is 5.01. The summed E-state index contributed by atoms with van der Waals surface area (Å²) in [7, 11) is 0. The second-order valence-electron chi connectivity index (χ2n) is 7.65. The predicted molar refractivity (Wildman–Crippen MR) is 100 cm³/mol. The summed E-state index contributed by atoms with van der Waals surface area (Å²) in [5.74, 6) is 1.95. The molecule has 2 aliphatic rings. The van der Waals surface area contributed by atoms with Gasteiger partial charge >= 0.3 is 0 Å². The average molecular weight is 386 g/mol. The van der Waals surface area contributed by atoms with Crippen LogP contribution >= 0.6 is 0 Å². The van der Waals surface area contributed by atoms with Gasteiger partial charge in [0, 0.05) is 37.6 Å². The molecule has 1 saturated heterocycles. The zero-order valence-corrected chi connectivity index (χ0v) is 16.3. The Kier molecular flexibility index (Phi) is 5.57. The summed E-state index contributed by atoms with van der Waals surface area (Å²) < 4.78 is 16.6. The highest BCUT2D eigenvalue weighted by Gasteiger charge is 2.27. The van der Waals surface area contributed by atoms with Crippen LogP contribution in [0.15, 0.2) is 16.7 Å². The van der Waals surface area contributed by atoms with Crippen molar-refractivity contribution in [2.24, 2.45) is 5.92 Å². The number of carbonyl (C=O) groups is 1. The van der Waals surface area contributed by atoms with Crippen molar-refractivity contribution in [1.29, 1.82) is 0 Å². The molecule has 2 aromatic heterocycles. The first-order chi connectivity index (χ1) is 13.6. The summed E-state index contributed by atoms with van der Waals surface area (Å²) in [5, 5.41) is 6.87. The number of rotatable bonds is 8. The Morgan fingerprint density at radius 1 is 1.32 bits per heavy atom. The molecule has 0 spiro atoms. The van der Waals surface area contributed by atoms with Crippen LogP contribution in [-0.2, 0) is 11.2 Å². The average Bonchev–Trinajstić information content (AvgIpc) is 3.16.